The Hall–Kier alpha value is -3.34. The summed E-state index contributed by atoms with van der Waals surface area (Å²) in [5.41, 5.74) is 4.72. The number of hydrogen-bond acceptors (Lipinski definition) is 2. The van der Waals surface area contributed by atoms with E-state index in [1.807, 2.05) is 50.8 Å². The van der Waals surface area contributed by atoms with Gasteiger partial charge in [-0.3, -0.25) is 0 Å². The van der Waals surface area contributed by atoms with Gasteiger partial charge in [0.1, 0.15) is 0 Å². The number of rotatable bonds is 14. The van der Waals surface area contributed by atoms with Crippen LogP contribution in [0.1, 0.15) is 72.3 Å². The second kappa shape index (κ2) is 17.5. The molecule has 0 saturated carbocycles. The topological polar surface area (TPSA) is 73.7 Å². The van der Waals surface area contributed by atoms with Crippen LogP contribution in [0.5, 0.6) is 0 Å². The molecule has 248 valence electrons. The van der Waals surface area contributed by atoms with Crippen molar-refractivity contribution in [1.29, 1.82) is 0 Å². The third kappa shape index (κ3) is 9.83. The molecule has 0 aliphatic carbocycles. The van der Waals surface area contributed by atoms with Gasteiger partial charge in [0.15, 0.2) is 0 Å². The molecule has 0 aliphatic rings. The molecule has 0 aliphatic heterocycles. The van der Waals surface area contributed by atoms with Crippen LogP contribution in [0, 0.1) is 33.6 Å². The minimum absolute atomic E-state index is 0.0804. The summed E-state index contributed by atoms with van der Waals surface area (Å²) in [6, 6.07) is 8.08. The predicted octanol–water partition coefficient (Wildman–Crippen LogP) is 6.46. The van der Waals surface area contributed by atoms with E-state index >= 15 is 0 Å². The van der Waals surface area contributed by atoms with Gasteiger partial charge in [0.05, 0.1) is 0 Å². The summed E-state index contributed by atoms with van der Waals surface area (Å²) in [6.45, 7) is 5.60. The maximum atomic E-state index is 8.09. The summed E-state index contributed by atoms with van der Waals surface area (Å²) in [5.74, 6) is 0. The zero-order chi connectivity index (χ0) is 39.1. The van der Waals surface area contributed by atoms with E-state index in [4.69, 9.17) is 11.0 Å². The first-order chi connectivity index (χ1) is 25.8. The molecule has 0 atom stereocenters. The molecule has 0 saturated heterocycles. The van der Waals surface area contributed by atoms with Crippen LogP contribution < -0.4 is 10.2 Å². The van der Waals surface area contributed by atoms with Crippen LogP contribution in [0.2, 0.25) is 0 Å². The van der Waals surface area contributed by atoms with Gasteiger partial charge in [0.25, 0.3) is 0 Å². The summed E-state index contributed by atoms with van der Waals surface area (Å²) < 4.78 is 72.1. The molecule has 0 N–H and O–H groups in total. The SMILES string of the molecule is [2H]c1[c-]c(-n2ccn(CCCCCc3cc(C)[n-]n3)[c]2=[Pt])c([2H])c([2H])c1[2H].[2H]c1[c-]c(-n2ccn(CCCCCc3cc(C)[n-]n3)[c]2=[Pt])c([2H])c([2H])c1[2H]. The average molecular weight is 983 g/mol. The third-order valence-corrected chi connectivity index (χ3v) is 9.54. The Morgan fingerprint density at radius 3 is 1.52 bits per heavy atom. The summed E-state index contributed by atoms with van der Waals surface area (Å²) in [5, 5.41) is 16.3. The van der Waals surface area contributed by atoms with Gasteiger partial charge in [-0.1, -0.05) is 0 Å². The van der Waals surface area contributed by atoms with Crippen molar-refractivity contribution in [2.24, 2.45) is 0 Å². The van der Waals surface area contributed by atoms with Crippen molar-refractivity contribution in [1.82, 2.24) is 38.7 Å². The van der Waals surface area contributed by atoms with Gasteiger partial charge in [0.2, 0.25) is 0 Å². The van der Waals surface area contributed by atoms with Crippen molar-refractivity contribution in [3.05, 3.63) is 128 Å². The van der Waals surface area contributed by atoms with E-state index in [1.165, 1.54) is 0 Å². The van der Waals surface area contributed by atoms with Crippen LogP contribution in [0.25, 0.3) is 11.4 Å². The molecular formula is C36H40N8Pt2-4. The van der Waals surface area contributed by atoms with Crippen LogP contribution in [-0.4, -0.2) is 28.5 Å². The number of benzene rings is 2. The summed E-state index contributed by atoms with van der Waals surface area (Å²) in [7, 11) is 0. The fourth-order valence-corrected chi connectivity index (χ4v) is 6.52. The molecule has 4 heterocycles. The van der Waals surface area contributed by atoms with Crippen molar-refractivity contribution in [3.8, 4) is 11.4 Å². The van der Waals surface area contributed by atoms with E-state index in [0.717, 1.165) is 94.8 Å². The Balaban J connectivity index is 0.000000208. The standard InChI is InChI=1S/2C18H20N4.2Pt/c2*1-16-14-17(20-19-16)8-4-3-7-11-21-12-13-22(15-21)18-9-5-2-6-10-18;;/h2*2,5-6,9,12-14H,3-4,7-8,11H2,1H3;;/q2*-2;;/i2*2D,5D,6D,9D;;. The normalized spacial score (nSPS) is 13.5. The van der Waals surface area contributed by atoms with Gasteiger partial charge >= 0.3 is 306 Å². The molecule has 0 unspecified atom stereocenters. The van der Waals surface area contributed by atoms with Crippen molar-refractivity contribution in [2.45, 2.75) is 78.3 Å². The van der Waals surface area contributed by atoms with Gasteiger partial charge in [-0.05, 0) is 0 Å². The molecule has 10 heteroatoms. The zero-order valence-corrected chi connectivity index (χ0v) is 30.3. The van der Waals surface area contributed by atoms with Crippen LogP contribution >= 0.6 is 0 Å². The number of nitrogens with zero attached hydrogens (tertiary/aromatic N) is 8. The van der Waals surface area contributed by atoms with Gasteiger partial charge < -0.3 is 0 Å². The molecule has 8 nitrogen and oxygen atoms in total. The molecule has 2 aromatic carbocycles. The maximum absolute atomic E-state index is 8.09. The first-order valence-corrected chi connectivity index (χ1v) is 17.4. The second-order valence-electron chi connectivity index (χ2n) is 10.7. The van der Waals surface area contributed by atoms with Crippen LogP contribution in [0.4, 0.5) is 0 Å². The van der Waals surface area contributed by atoms with Crippen LogP contribution in [0.3, 0.4) is 0 Å². The van der Waals surface area contributed by atoms with Crippen LogP contribution in [-0.2, 0) is 64.6 Å². The third-order valence-electron chi connectivity index (χ3n) is 7.14. The van der Waals surface area contributed by atoms with E-state index in [2.05, 4.69) is 80.4 Å². The molecule has 46 heavy (non-hydrogen) atoms. The first kappa shape index (κ1) is 24.8. The van der Waals surface area contributed by atoms with Gasteiger partial charge in [-0.25, -0.2) is 0 Å². The number of imidazole rings is 2. The Morgan fingerprint density at radius 1 is 0.652 bits per heavy atom. The molecule has 6 rings (SSSR count). The Morgan fingerprint density at radius 2 is 1.11 bits per heavy atom. The molecule has 0 spiro atoms. The minimum atomic E-state index is -0.260. The average Bonchev–Trinajstić information content (AvgIpc) is 3.94. The van der Waals surface area contributed by atoms with Gasteiger partial charge in [-0.15, -0.1) is 0 Å². The predicted molar refractivity (Wildman–Crippen MR) is 171 cm³/mol. The molecule has 0 radical (unpaired) electrons. The Bertz CT molecular complexity index is 2170. The number of aromatic nitrogens is 8. The Kier molecular flexibility index (Phi) is 9.45. The van der Waals surface area contributed by atoms with Crippen molar-refractivity contribution >= 4 is 0 Å². The van der Waals surface area contributed by atoms with Crippen molar-refractivity contribution in [3.63, 3.8) is 0 Å². The van der Waals surface area contributed by atoms with Crippen molar-refractivity contribution in [2.75, 3.05) is 0 Å². The molecule has 6 aromatic rings. The van der Waals surface area contributed by atoms with Gasteiger partial charge in [0, 0.05) is 0 Å². The van der Waals surface area contributed by atoms with E-state index in [9.17, 15) is 0 Å². The first-order valence-electron chi connectivity index (χ1n) is 19.1. The second-order valence-corrected chi connectivity index (χ2v) is 12.8. The number of para-hydroxylation sites is 2. The number of hydrogen-bond donors (Lipinski definition) is 0. The molecule has 4 aromatic heterocycles. The summed E-state index contributed by atoms with van der Waals surface area (Å²) in [4.78, 5) is 0. The Labute approximate surface area is 304 Å². The van der Waals surface area contributed by atoms with E-state index in [0.29, 0.717) is 11.4 Å². The fourth-order valence-electron chi connectivity index (χ4n) is 4.82. The van der Waals surface area contributed by atoms with Crippen LogP contribution in [0.15, 0.2) is 85.3 Å². The number of aryl methyl sites for hydroxylation is 6. The van der Waals surface area contributed by atoms with Gasteiger partial charge in [-0.2, -0.15) is 0 Å². The van der Waals surface area contributed by atoms with E-state index in [-0.39, 0.29) is 48.3 Å². The fraction of sp³-hybridized carbons (Fsp3) is 0.333. The van der Waals surface area contributed by atoms with E-state index in [1.54, 1.807) is 9.13 Å². The molecular weight excluding hydrogens is 935 g/mol. The summed E-state index contributed by atoms with van der Waals surface area (Å²) in [6.07, 6.45) is 15.7. The monoisotopic (exact) mass is 982 g/mol. The number of unbranched alkanes of at least 4 members (excludes halogenated alkanes) is 4. The molecule has 0 fully saturated rings. The quantitative estimate of drug-likeness (QED) is 0.0929. The van der Waals surface area contributed by atoms with Crippen molar-refractivity contribution < 1.29 is 49.7 Å². The summed E-state index contributed by atoms with van der Waals surface area (Å²) >= 11 is 4.36. The zero-order valence-electron chi connectivity index (χ0n) is 33.7. The van der Waals surface area contributed by atoms with E-state index < -0.39 is 0 Å². The molecule has 0 amide bonds. The molecule has 0 bridgehead atoms.